The standard InChI is InChI=1S/C43H66O5/c1-3-5-7-9-11-13-15-17-18-19-20-21-22-23-24-26-28-30-32-34-36-38-43(46)48-41(39-44)40-47-42(45)37-35-33-31-29-27-25-16-14-12-10-8-6-4-2/h5-8,11-14,17-18,20-21,23-25,27,31,33,41,44H,3-4,9-10,15-16,19,22,26,28-30,32,34-40H2,1-2H3/b7-5-,8-6-,13-11-,14-12-,18-17-,21-20-,24-23-,27-25-,33-31-. The first-order valence-electron chi connectivity index (χ1n) is 18.4. The van der Waals surface area contributed by atoms with Crippen LogP contribution in [0.1, 0.15) is 129 Å². The Morgan fingerprint density at radius 3 is 1.33 bits per heavy atom. The molecule has 1 atom stereocenters. The highest BCUT2D eigenvalue weighted by molar-refractivity contribution is 5.70. The molecule has 0 rings (SSSR count). The minimum atomic E-state index is -0.817. The number of aliphatic hydroxyl groups is 1. The highest BCUT2D eigenvalue weighted by Crippen LogP contribution is 2.10. The van der Waals surface area contributed by atoms with Gasteiger partial charge in [-0.2, -0.15) is 0 Å². The Hall–Kier alpha value is -3.44. The second kappa shape index (κ2) is 38.0. The van der Waals surface area contributed by atoms with Crippen LogP contribution < -0.4 is 0 Å². The van der Waals surface area contributed by atoms with Crippen LogP contribution in [-0.2, 0) is 19.1 Å². The van der Waals surface area contributed by atoms with Gasteiger partial charge in [-0.1, -0.05) is 142 Å². The Labute approximate surface area is 293 Å². The SMILES string of the molecule is CC/C=C\C/C=C\C/C=C\C/C=C\C/C=C\CCCCCCCC(=O)OC(CO)COC(=O)CC/C=C\C/C=C\C/C=C\C/C=C\CC. The van der Waals surface area contributed by atoms with Crippen molar-refractivity contribution in [2.45, 2.75) is 136 Å². The van der Waals surface area contributed by atoms with E-state index >= 15 is 0 Å². The van der Waals surface area contributed by atoms with Crippen LogP contribution in [0.2, 0.25) is 0 Å². The number of allylic oxidation sites excluding steroid dienone is 18. The Morgan fingerprint density at radius 2 is 0.875 bits per heavy atom. The van der Waals surface area contributed by atoms with E-state index in [1.165, 1.54) is 0 Å². The second-order valence-electron chi connectivity index (χ2n) is 11.5. The Morgan fingerprint density at radius 1 is 0.479 bits per heavy atom. The fraction of sp³-hybridized carbons (Fsp3) is 0.535. The summed E-state index contributed by atoms with van der Waals surface area (Å²) in [6.07, 6.45) is 54.4. The summed E-state index contributed by atoms with van der Waals surface area (Å²) in [4.78, 5) is 24.2. The summed E-state index contributed by atoms with van der Waals surface area (Å²) in [7, 11) is 0. The van der Waals surface area contributed by atoms with Crippen molar-refractivity contribution >= 4 is 11.9 Å². The van der Waals surface area contributed by atoms with Gasteiger partial charge in [0.15, 0.2) is 6.10 Å². The number of hydrogen-bond acceptors (Lipinski definition) is 5. The average Bonchev–Trinajstić information content (AvgIpc) is 3.09. The van der Waals surface area contributed by atoms with Crippen molar-refractivity contribution in [3.8, 4) is 0 Å². The van der Waals surface area contributed by atoms with E-state index in [0.29, 0.717) is 12.8 Å². The lowest BCUT2D eigenvalue weighted by molar-refractivity contribution is -0.161. The molecular formula is C43H66O5. The van der Waals surface area contributed by atoms with Gasteiger partial charge in [0.1, 0.15) is 6.61 Å². The van der Waals surface area contributed by atoms with Gasteiger partial charge in [0.25, 0.3) is 0 Å². The minimum absolute atomic E-state index is 0.120. The maximum atomic E-state index is 12.1. The first-order chi connectivity index (χ1) is 23.6. The molecule has 0 aromatic heterocycles. The van der Waals surface area contributed by atoms with Crippen molar-refractivity contribution < 1.29 is 24.2 Å². The molecule has 0 aromatic carbocycles. The Bertz CT molecular complexity index is 1020. The third kappa shape index (κ3) is 35.4. The van der Waals surface area contributed by atoms with Crippen LogP contribution in [0.3, 0.4) is 0 Å². The van der Waals surface area contributed by atoms with Crippen LogP contribution in [0.15, 0.2) is 109 Å². The van der Waals surface area contributed by atoms with Crippen molar-refractivity contribution in [3.05, 3.63) is 109 Å². The van der Waals surface area contributed by atoms with E-state index < -0.39 is 6.10 Å². The van der Waals surface area contributed by atoms with Crippen LogP contribution in [0, 0.1) is 0 Å². The van der Waals surface area contributed by atoms with E-state index in [1.54, 1.807) is 0 Å². The lowest BCUT2D eigenvalue weighted by Crippen LogP contribution is -2.28. The van der Waals surface area contributed by atoms with Crippen molar-refractivity contribution in [2.75, 3.05) is 13.2 Å². The number of rotatable bonds is 31. The molecule has 0 aliphatic heterocycles. The lowest BCUT2D eigenvalue weighted by atomic mass is 10.1. The number of hydrogen-bond donors (Lipinski definition) is 1. The molecular weight excluding hydrogens is 596 g/mol. The molecule has 0 aliphatic rings. The predicted octanol–water partition coefficient (Wildman–Crippen LogP) is 11.5. The number of carbonyl (C=O) groups is 2. The van der Waals surface area contributed by atoms with Crippen molar-refractivity contribution in [3.63, 3.8) is 0 Å². The van der Waals surface area contributed by atoms with Crippen LogP contribution in [0.25, 0.3) is 0 Å². The molecule has 48 heavy (non-hydrogen) atoms. The van der Waals surface area contributed by atoms with Crippen molar-refractivity contribution in [1.82, 2.24) is 0 Å². The number of carbonyl (C=O) groups excluding carboxylic acids is 2. The molecule has 1 unspecified atom stereocenters. The zero-order chi connectivity index (χ0) is 35.0. The van der Waals surface area contributed by atoms with E-state index in [2.05, 4.69) is 111 Å². The smallest absolute Gasteiger partial charge is 0.306 e. The zero-order valence-corrected chi connectivity index (χ0v) is 30.2. The maximum absolute atomic E-state index is 12.1. The van der Waals surface area contributed by atoms with E-state index in [9.17, 15) is 14.7 Å². The first-order valence-corrected chi connectivity index (χ1v) is 18.4. The van der Waals surface area contributed by atoms with E-state index in [0.717, 1.165) is 96.3 Å². The first kappa shape index (κ1) is 44.6. The van der Waals surface area contributed by atoms with Gasteiger partial charge in [0.05, 0.1) is 6.61 Å². The molecule has 0 radical (unpaired) electrons. The molecule has 5 nitrogen and oxygen atoms in total. The number of aliphatic hydroxyl groups excluding tert-OH is 1. The molecule has 0 spiro atoms. The van der Waals surface area contributed by atoms with Gasteiger partial charge < -0.3 is 14.6 Å². The molecule has 0 saturated heterocycles. The molecule has 0 aliphatic carbocycles. The quantitative estimate of drug-likeness (QED) is 0.0454. The minimum Gasteiger partial charge on any atom is -0.462 e. The van der Waals surface area contributed by atoms with Gasteiger partial charge >= 0.3 is 11.9 Å². The second-order valence-corrected chi connectivity index (χ2v) is 11.5. The molecule has 0 heterocycles. The van der Waals surface area contributed by atoms with Gasteiger partial charge in [0, 0.05) is 12.8 Å². The topological polar surface area (TPSA) is 72.8 Å². The van der Waals surface area contributed by atoms with Gasteiger partial charge in [-0.25, -0.2) is 0 Å². The fourth-order valence-corrected chi connectivity index (χ4v) is 4.36. The molecule has 1 N–H and O–H groups in total. The lowest BCUT2D eigenvalue weighted by Gasteiger charge is -2.15. The molecule has 0 aromatic rings. The fourth-order valence-electron chi connectivity index (χ4n) is 4.36. The summed E-state index contributed by atoms with van der Waals surface area (Å²) in [6, 6.07) is 0. The third-order valence-corrected chi connectivity index (χ3v) is 7.08. The summed E-state index contributed by atoms with van der Waals surface area (Å²) in [5, 5.41) is 9.52. The van der Waals surface area contributed by atoms with Crippen LogP contribution >= 0.6 is 0 Å². The third-order valence-electron chi connectivity index (χ3n) is 7.08. The summed E-state index contributed by atoms with van der Waals surface area (Å²) in [5.74, 6) is -0.722. The summed E-state index contributed by atoms with van der Waals surface area (Å²) in [6.45, 7) is 3.79. The van der Waals surface area contributed by atoms with Gasteiger partial charge in [-0.05, 0) is 83.5 Å². The normalized spacial score (nSPS) is 13.5. The van der Waals surface area contributed by atoms with E-state index in [-0.39, 0.29) is 31.6 Å². The van der Waals surface area contributed by atoms with Crippen LogP contribution in [0.4, 0.5) is 0 Å². The van der Waals surface area contributed by atoms with Crippen LogP contribution in [0.5, 0.6) is 0 Å². The largest absolute Gasteiger partial charge is 0.462 e. The molecule has 0 bridgehead atoms. The zero-order valence-electron chi connectivity index (χ0n) is 30.2. The highest BCUT2D eigenvalue weighted by atomic mass is 16.6. The van der Waals surface area contributed by atoms with Crippen molar-refractivity contribution in [1.29, 1.82) is 0 Å². The highest BCUT2D eigenvalue weighted by Gasteiger charge is 2.15. The summed E-state index contributed by atoms with van der Waals surface area (Å²) < 4.78 is 10.5. The maximum Gasteiger partial charge on any atom is 0.306 e. The number of unbranched alkanes of at least 4 members (excludes halogenated alkanes) is 5. The molecule has 0 saturated carbocycles. The number of esters is 2. The molecule has 268 valence electrons. The van der Waals surface area contributed by atoms with Gasteiger partial charge in [0.2, 0.25) is 0 Å². The van der Waals surface area contributed by atoms with Crippen LogP contribution in [-0.4, -0.2) is 36.4 Å². The monoisotopic (exact) mass is 662 g/mol. The van der Waals surface area contributed by atoms with Gasteiger partial charge in [-0.15, -0.1) is 0 Å². The molecule has 0 fully saturated rings. The number of ether oxygens (including phenoxy) is 2. The Balaban J connectivity index is 3.75. The Kier molecular flexibility index (Phi) is 35.3. The average molecular weight is 663 g/mol. The summed E-state index contributed by atoms with van der Waals surface area (Å²) >= 11 is 0. The summed E-state index contributed by atoms with van der Waals surface area (Å²) in [5.41, 5.74) is 0. The van der Waals surface area contributed by atoms with Crippen molar-refractivity contribution in [2.24, 2.45) is 0 Å². The van der Waals surface area contributed by atoms with E-state index in [4.69, 9.17) is 9.47 Å². The molecule has 0 amide bonds. The predicted molar refractivity (Wildman–Crippen MR) is 205 cm³/mol. The van der Waals surface area contributed by atoms with Gasteiger partial charge in [-0.3, -0.25) is 9.59 Å². The molecule has 5 heteroatoms. The van der Waals surface area contributed by atoms with E-state index in [1.807, 2.05) is 12.2 Å².